The fourth-order valence-corrected chi connectivity index (χ4v) is 1.53. The molecule has 0 bridgehead atoms. The Hall–Kier alpha value is -2.37. The van der Waals surface area contributed by atoms with Crippen molar-refractivity contribution in [2.45, 2.75) is 13.5 Å². The molecule has 1 aromatic heterocycles. The smallest absolute Gasteiger partial charge is 0.251 e. The third-order valence-electron chi connectivity index (χ3n) is 2.41. The summed E-state index contributed by atoms with van der Waals surface area (Å²) in [6, 6.07) is 7.33. The topological polar surface area (TPSA) is 82.7 Å². The van der Waals surface area contributed by atoms with Crippen molar-refractivity contribution in [1.82, 2.24) is 20.5 Å². The SMILES string of the molecule is CCNc1ccc(C(=O)NCc2ncn[nH]2)cc1. The van der Waals surface area contributed by atoms with Crippen LogP contribution in [-0.4, -0.2) is 27.6 Å². The first-order valence-electron chi connectivity index (χ1n) is 5.76. The Balaban J connectivity index is 1.92. The van der Waals surface area contributed by atoms with Crippen LogP contribution >= 0.6 is 0 Å². The molecule has 2 aromatic rings. The Kier molecular flexibility index (Phi) is 3.90. The molecular weight excluding hydrogens is 230 g/mol. The molecule has 0 unspecified atom stereocenters. The van der Waals surface area contributed by atoms with E-state index in [1.54, 1.807) is 12.1 Å². The second-order valence-electron chi connectivity index (χ2n) is 3.72. The lowest BCUT2D eigenvalue weighted by molar-refractivity contribution is 0.0950. The van der Waals surface area contributed by atoms with E-state index < -0.39 is 0 Å². The summed E-state index contributed by atoms with van der Waals surface area (Å²) in [5.74, 6) is 0.502. The van der Waals surface area contributed by atoms with Gasteiger partial charge < -0.3 is 10.6 Å². The molecule has 6 nitrogen and oxygen atoms in total. The molecule has 0 aliphatic heterocycles. The van der Waals surface area contributed by atoms with Crippen LogP contribution in [0.5, 0.6) is 0 Å². The Morgan fingerprint density at radius 3 is 2.72 bits per heavy atom. The number of amides is 1. The van der Waals surface area contributed by atoms with Crippen LogP contribution in [0.2, 0.25) is 0 Å². The van der Waals surface area contributed by atoms with Crippen LogP contribution in [0.4, 0.5) is 5.69 Å². The predicted molar refractivity (Wildman–Crippen MR) is 68.2 cm³/mol. The number of aromatic amines is 1. The molecule has 6 heteroatoms. The first-order chi connectivity index (χ1) is 8.79. The molecule has 0 saturated carbocycles. The van der Waals surface area contributed by atoms with E-state index >= 15 is 0 Å². The van der Waals surface area contributed by atoms with Crippen molar-refractivity contribution in [3.8, 4) is 0 Å². The number of hydrogen-bond acceptors (Lipinski definition) is 4. The van der Waals surface area contributed by atoms with Gasteiger partial charge in [0.05, 0.1) is 6.54 Å². The lowest BCUT2D eigenvalue weighted by Gasteiger charge is -2.05. The predicted octanol–water partition coefficient (Wildman–Crippen LogP) is 1.17. The average molecular weight is 245 g/mol. The molecule has 94 valence electrons. The maximum Gasteiger partial charge on any atom is 0.251 e. The summed E-state index contributed by atoms with van der Waals surface area (Å²) in [5.41, 5.74) is 1.63. The van der Waals surface area contributed by atoms with Gasteiger partial charge in [-0.25, -0.2) is 4.98 Å². The standard InChI is InChI=1S/C12H15N5O/c1-2-13-10-5-3-9(4-6-10)12(18)14-7-11-15-8-16-17-11/h3-6,8,13H,2,7H2,1H3,(H,14,18)(H,15,16,17). The normalized spacial score (nSPS) is 10.1. The number of benzene rings is 1. The zero-order valence-corrected chi connectivity index (χ0v) is 10.1. The number of nitrogens with one attached hydrogen (secondary N) is 3. The van der Waals surface area contributed by atoms with Gasteiger partial charge in [-0.15, -0.1) is 0 Å². The molecule has 18 heavy (non-hydrogen) atoms. The molecule has 0 saturated heterocycles. The third-order valence-corrected chi connectivity index (χ3v) is 2.41. The molecule has 2 rings (SSSR count). The highest BCUT2D eigenvalue weighted by Crippen LogP contribution is 2.09. The number of hydrogen-bond donors (Lipinski definition) is 3. The van der Waals surface area contributed by atoms with Crippen LogP contribution in [0.15, 0.2) is 30.6 Å². The lowest BCUT2D eigenvalue weighted by atomic mass is 10.2. The van der Waals surface area contributed by atoms with Gasteiger partial charge in [0.15, 0.2) is 0 Å². The first kappa shape index (κ1) is 12.1. The first-order valence-corrected chi connectivity index (χ1v) is 5.76. The molecule has 1 heterocycles. The van der Waals surface area contributed by atoms with Crippen molar-refractivity contribution in [3.63, 3.8) is 0 Å². The number of carbonyl (C=O) groups excluding carboxylic acids is 1. The number of nitrogens with zero attached hydrogens (tertiary/aromatic N) is 2. The van der Waals surface area contributed by atoms with Crippen LogP contribution < -0.4 is 10.6 Å². The lowest BCUT2D eigenvalue weighted by Crippen LogP contribution is -2.23. The van der Waals surface area contributed by atoms with Crippen molar-refractivity contribution >= 4 is 11.6 Å². The second-order valence-corrected chi connectivity index (χ2v) is 3.72. The van der Waals surface area contributed by atoms with Crippen molar-refractivity contribution in [3.05, 3.63) is 42.0 Å². The number of aromatic nitrogens is 3. The molecular formula is C12H15N5O. The highest BCUT2D eigenvalue weighted by Gasteiger charge is 2.05. The fourth-order valence-electron chi connectivity index (χ4n) is 1.53. The van der Waals surface area contributed by atoms with Gasteiger partial charge in [0.1, 0.15) is 12.2 Å². The van der Waals surface area contributed by atoms with Crippen LogP contribution in [0.1, 0.15) is 23.1 Å². The molecule has 1 amide bonds. The molecule has 0 radical (unpaired) electrons. The molecule has 0 fully saturated rings. The van der Waals surface area contributed by atoms with Gasteiger partial charge in [-0.2, -0.15) is 5.10 Å². The summed E-state index contributed by atoms with van der Waals surface area (Å²) in [6.07, 6.45) is 1.41. The van der Waals surface area contributed by atoms with Gasteiger partial charge in [-0.05, 0) is 31.2 Å². The van der Waals surface area contributed by atoms with E-state index in [-0.39, 0.29) is 5.91 Å². The summed E-state index contributed by atoms with van der Waals surface area (Å²) in [6.45, 7) is 3.23. The Morgan fingerprint density at radius 1 is 1.33 bits per heavy atom. The van der Waals surface area contributed by atoms with Gasteiger partial charge in [-0.1, -0.05) is 0 Å². The van der Waals surface area contributed by atoms with Crippen molar-refractivity contribution < 1.29 is 4.79 Å². The maximum atomic E-state index is 11.8. The van der Waals surface area contributed by atoms with Crippen molar-refractivity contribution in [2.24, 2.45) is 0 Å². The van der Waals surface area contributed by atoms with E-state index in [1.807, 2.05) is 19.1 Å². The van der Waals surface area contributed by atoms with E-state index in [4.69, 9.17) is 0 Å². The zero-order chi connectivity index (χ0) is 12.8. The largest absolute Gasteiger partial charge is 0.385 e. The second kappa shape index (κ2) is 5.81. The van der Waals surface area contributed by atoms with Crippen LogP contribution in [0.25, 0.3) is 0 Å². The van der Waals surface area contributed by atoms with Crippen LogP contribution in [0.3, 0.4) is 0 Å². The van der Waals surface area contributed by atoms with Gasteiger partial charge in [0.2, 0.25) is 0 Å². The van der Waals surface area contributed by atoms with Gasteiger partial charge in [0.25, 0.3) is 5.91 Å². The molecule has 0 atom stereocenters. The summed E-state index contributed by atoms with van der Waals surface area (Å²) in [5, 5.41) is 12.3. The highest BCUT2D eigenvalue weighted by atomic mass is 16.1. The molecule has 3 N–H and O–H groups in total. The van der Waals surface area contributed by atoms with Gasteiger partial charge in [-0.3, -0.25) is 9.89 Å². The zero-order valence-electron chi connectivity index (χ0n) is 10.1. The fraction of sp³-hybridized carbons (Fsp3) is 0.250. The van der Waals surface area contributed by atoms with Crippen molar-refractivity contribution in [2.75, 3.05) is 11.9 Å². The number of carbonyl (C=O) groups is 1. The van der Waals surface area contributed by atoms with Crippen LogP contribution in [0, 0.1) is 0 Å². The third kappa shape index (κ3) is 3.07. The van der Waals surface area contributed by atoms with E-state index in [9.17, 15) is 4.79 Å². The van der Waals surface area contributed by atoms with Crippen molar-refractivity contribution in [1.29, 1.82) is 0 Å². The Morgan fingerprint density at radius 2 is 2.11 bits per heavy atom. The minimum absolute atomic E-state index is 0.130. The molecule has 0 aliphatic rings. The van der Waals surface area contributed by atoms with E-state index in [1.165, 1.54) is 6.33 Å². The molecule has 1 aromatic carbocycles. The van der Waals surface area contributed by atoms with Gasteiger partial charge >= 0.3 is 0 Å². The van der Waals surface area contributed by atoms with E-state index in [2.05, 4.69) is 25.8 Å². The summed E-state index contributed by atoms with van der Waals surface area (Å²) < 4.78 is 0. The number of rotatable bonds is 5. The monoisotopic (exact) mass is 245 g/mol. The number of anilines is 1. The minimum Gasteiger partial charge on any atom is -0.385 e. The summed E-state index contributed by atoms with van der Waals surface area (Å²) >= 11 is 0. The summed E-state index contributed by atoms with van der Waals surface area (Å²) in [4.78, 5) is 15.7. The van der Waals surface area contributed by atoms with E-state index in [0.29, 0.717) is 17.9 Å². The van der Waals surface area contributed by atoms with Gasteiger partial charge in [0, 0.05) is 17.8 Å². The maximum absolute atomic E-state index is 11.8. The average Bonchev–Trinajstić information content (AvgIpc) is 2.90. The van der Waals surface area contributed by atoms with Crippen LogP contribution in [-0.2, 0) is 6.54 Å². The molecule has 0 spiro atoms. The minimum atomic E-state index is -0.130. The highest BCUT2D eigenvalue weighted by molar-refractivity contribution is 5.94. The Labute approximate surface area is 105 Å². The molecule has 0 aliphatic carbocycles. The summed E-state index contributed by atoms with van der Waals surface area (Å²) in [7, 11) is 0. The van der Waals surface area contributed by atoms with E-state index in [0.717, 1.165) is 12.2 Å². The Bertz CT molecular complexity index is 492. The number of H-pyrrole nitrogens is 1. The quantitative estimate of drug-likeness (QED) is 0.738.